The second-order valence-corrected chi connectivity index (χ2v) is 6.62. The van der Waals surface area contributed by atoms with Crippen LogP contribution in [0.2, 0.25) is 0 Å². The van der Waals surface area contributed by atoms with Gasteiger partial charge in [-0.15, -0.1) is 0 Å². The maximum absolute atomic E-state index is 12.3. The maximum Gasteiger partial charge on any atom is 0.268 e. The van der Waals surface area contributed by atoms with Crippen molar-refractivity contribution in [2.24, 2.45) is 5.73 Å². The minimum absolute atomic E-state index is 0.201. The number of rotatable bonds is 7. The molecule has 3 amide bonds. The van der Waals surface area contributed by atoms with Crippen LogP contribution in [0.4, 0.5) is 0 Å². The topological polar surface area (TPSA) is 154 Å². The van der Waals surface area contributed by atoms with E-state index in [0.29, 0.717) is 29.8 Å². The van der Waals surface area contributed by atoms with E-state index in [2.05, 4.69) is 22.5 Å². The third-order valence-corrected chi connectivity index (χ3v) is 4.24. The van der Waals surface area contributed by atoms with Crippen LogP contribution >= 0.6 is 0 Å². The highest BCUT2D eigenvalue weighted by Crippen LogP contribution is 2.07. The van der Waals surface area contributed by atoms with Gasteiger partial charge in [0.15, 0.2) is 0 Å². The number of hydroxylamine groups is 1. The third kappa shape index (κ3) is 6.94. The van der Waals surface area contributed by atoms with Crippen LogP contribution in [0.3, 0.4) is 0 Å². The number of aliphatic hydroxyl groups excluding tert-OH is 1. The van der Waals surface area contributed by atoms with Crippen molar-refractivity contribution < 1.29 is 24.7 Å². The lowest BCUT2D eigenvalue weighted by Gasteiger charge is -2.19. The first-order valence-corrected chi connectivity index (χ1v) is 9.49. The highest BCUT2D eigenvalue weighted by atomic mass is 16.5. The molecule has 9 heteroatoms. The Bertz CT molecular complexity index is 976. The molecule has 2 atom stereocenters. The van der Waals surface area contributed by atoms with Gasteiger partial charge in [-0.2, -0.15) is 0 Å². The molecule has 0 radical (unpaired) electrons. The monoisotopic (exact) mass is 424 g/mol. The average molecular weight is 424 g/mol. The van der Waals surface area contributed by atoms with E-state index >= 15 is 0 Å². The van der Waals surface area contributed by atoms with Gasteiger partial charge in [0.2, 0.25) is 0 Å². The van der Waals surface area contributed by atoms with Gasteiger partial charge in [-0.25, -0.2) is 5.48 Å². The maximum atomic E-state index is 12.3. The van der Waals surface area contributed by atoms with Crippen molar-refractivity contribution in [1.82, 2.24) is 16.1 Å². The minimum atomic E-state index is -1.29. The first-order chi connectivity index (χ1) is 14.8. The van der Waals surface area contributed by atoms with Crippen molar-refractivity contribution in [3.63, 3.8) is 0 Å². The molecule has 9 nitrogen and oxygen atoms in total. The van der Waals surface area contributed by atoms with E-state index in [4.69, 9.17) is 10.9 Å². The summed E-state index contributed by atoms with van der Waals surface area (Å²) in [6.07, 6.45) is -1.20. The number of nitrogens with two attached hydrogens (primary N) is 1. The molecule has 0 bridgehead atoms. The zero-order chi connectivity index (χ0) is 22.8. The van der Waals surface area contributed by atoms with Crippen LogP contribution in [0.15, 0.2) is 48.5 Å². The quantitative estimate of drug-likeness (QED) is 0.205. The molecule has 2 aromatic carbocycles. The van der Waals surface area contributed by atoms with E-state index < -0.39 is 24.0 Å². The van der Waals surface area contributed by atoms with Gasteiger partial charge in [0.1, 0.15) is 6.04 Å². The summed E-state index contributed by atoms with van der Waals surface area (Å²) in [7, 11) is 0. The van der Waals surface area contributed by atoms with E-state index in [0.717, 1.165) is 0 Å². The standard InChI is InChI=1S/C22H24N4O5/c1-14(27)19(22(30)26-31)25-21(29)18-10-6-16(7-11-18)3-2-15-4-8-17(9-5-15)20(28)24-13-12-23/h4-11,14,19,27,31H,12-13,23H2,1H3,(H,24,28)(H,25,29)(H,26,30). The molecule has 0 spiro atoms. The number of carbonyl (C=O) groups is 3. The summed E-state index contributed by atoms with van der Waals surface area (Å²) in [6.45, 7) is 2.09. The molecule has 0 saturated carbocycles. The normalized spacial score (nSPS) is 12.0. The fourth-order valence-electron chi connectivity index (χ4n) is 2.54. The molecule has 0 saturated heterocycles. The molecule has 31 heavy (non-hydrogen) atoms. The number of hydrogen-bond acceptors (Lipinski definition) is 6. The van der Waals surface area contributed by atoms with Gasteiger partial charge in [0, 0.05) is 35.3 Å². The second kappa shape index (κ2) is 11.5. The van der Waals surface area contributed by atoms with Crippen molar-refractivity contribution in [3.05, 3.63) is 70.8 Å². The van der Waals surface area contributed by atoms with Crippen molar-refractivity contribution in [3.8, 4) is 11.8 Å². The summed E-state index contributed by atoms with van der Waals surface area (Å²) < 4.78 is 0. The SMILES string of the molecule is CC(O)C(NC(=O)c1ccc(C#Cc2ccc(C(=O)NCCN)cc2)cc1)C(=O)NO. The number of amides is 3. The second-order valence-electron chi connectivity index (χ2n) is 6.62. The first-order valence-electron chi connectivity index (χ1n) is 9.49. The molecule has 0 heterocycles. The van der Waals surface area contributed by atoms with Crippen molar-refractivity contribution in [2.75, 3.05) is 13.1 Å². The Morgan fingerprint density at radius 1 is 0.935 bits per heavy atom. The third-order valence-electron chi connectivity index (χ3n) is 4.24. The van der Waals surface area contributed by atoms with Crippen LogP contribution in [0.5, 0.6) is 0 Å². The van der Waals surface area contributed by atoms with Gasteiger partial charge < -0.3 is 21.5 Å². The lowest BCUT2D eigenvalue weighted by atomic mass is 10.1. The molecule has 2 aromatic rings. The minimum Gasteiger partial charge on any atom is -0.391 e. The van der Waals surface area contributed by atoms with Crippen LogP contribution < -0.4 is 21.8 Å². The molecule has 0 aliphatic heterocycles. The van der Waals surface area contributed by atoms with E-state index in [1.807, 2.05) is 0 Å². The Morgan fingerprint density at radius 2 is 1.42 bits per heavy atom. The van der Waals surface area contributed by atoms with E-state index in [-0.39, 0.29) is 11.5 Å². The summed E-state index contributed by atoms with van der Waals surface area (Å²) in [4.78, 5) is 35.6. The molecule has 7 N–H and O–H groups in total. The molecular formula is C22H24N4O5. The largest absolute Gasteiger partial charge is 0.391 e. The summed E-state index contributed by atoms with van der Waals surface area (Å²) >= 11 is 0. The van der Waals surface area contributed by atoms with Gasteiger partial charge in [0.25, 0.3) is 17.7 Å². The molecule has 0 aliphatic rings. The molecule has 2 rings (SSSR count). The Morgan fingerprint density at radius 3 is 1.84 bits per heavy atom. The average Bonchev–Trinajstić information content (AvgIpc) is 2.79. The lowest BCUT2D eigenvalue weighted by molar-refractivity contribution is -0.133. The highest BCUT2D eigenvalue weighted by Gasteiger charge is 2.25. The first kappa shape index (κ1) is 23.6. The van der Waals surface area contributed by atoms with Crippen LogP contribution in [-0.2, 0) is 4.79 Å². The van der Waals surface area contributed by atoms with Gasteiger partial charge in [-0.1, -0.05) is 11.8 Å². The molecule has 2 unspecified atom stereocenters. The summed E-state index contributed by atoms with van der Waals surface area (Å²) in [5, 5.41) is 23.3. The number of nitrogens with one attached hydrogen (secondary N) is 3. The zero-order valence-corrected chi connectivity index (χ0v) is 16.9. The smallest absolute Gasteiger partial charge is 0.268 e. The summed E-state index contributed by atoms with van der Waals surface area (Å²) in [6, 6.07) is 11.8. The molecular weight excluding hydrogens is 400 g/mol. The molecule has 0 fully saturated rings. The van der Waals surface area contributed by atoms with E-state index in [1.165, 1.54) is 24.5 Å². The van der Waals surface area contributed by atoms with Gasteiger partial charge in [-0.3, -0.25) is 19.6 Å². The van der Waals surface area contributed by atoms with Crippen LogP contribution in [0, 0.1) is 11.8 Å². The summed E-state index contributed by atoms with van der Waals surface area (Å²) in [5.41, 5.74) is 8.91. The Hall–Kier alpha value is -3.71. The van der Waals surface area contributed by atoms with Gasteiger partial charge >= 0.3 is 0 Å². The zero-order valence-electron chi connectivity index (χ0n) is 16.9. The number of hydrogen-bond donors (Lipinski definition) is 6. The van der Waals surface area contributed by atoms with E-state index in [1.54, 1.807) is 36.4 Å². The van der Waals surface area contributed by atoms with Crippen molar-refractivity contribution in [1.29, 1.82) is 0 Å². The van der Waals surface area contributed by atoms with Crippen molar-refractivity contribution in [2.45, 2.75) is 19.1 Å². The van der Waals surface area contributed by atoms with Gasteiger partial charge in [-0.05, 0) is 55.5 Å². The molecule has 162 valence electrons. The lowest BCUT2D eigenvalue weighted by Crippen LogP contribution is -2.51. The van der Waals surface area contributed by atoms with Gasteiger partial charge in [0.05, 0.1) is 6.10 Å². The summed E-state index contributed by atoms with van der Waals surface area (Å²) in [5.74, 6) is 4.22. The predicted molar refractivity (Wildman–Crippen MR) is 113 cm³/mol. The predicted octanol–water partition coefficient (Wildman–Crippen LogP) is -0.240. The highest BCUT2D eigenvalue weighted by molar-refractivity contribution is 5.97. The fraction of sp³-hybridized carbons (Fsp3) is 0.227. The Labute approximate surface area is 179 Å². The van der Waals surface area contributed by atoms with Crippen LogP contribution in [0.1, 0.15) is 38.8 Å². The van der Waals surface area contributed by atoms with E-state index in [9.17, 15) is 19.5 Å². The number of carbonyl (C=O) groups excluding carboxylic acids is 3. The molecule has 0 aromatic heterocycles. The Balaban J connectivity index is 2.03. The number of aliphatic hydroxyl groups is 1. The fourth-order valence-corrected chi connectivity index (χ4v) is 2.54. The van der Waals surface area contributed by atoms with Crippen LogP contribution in [0.25, 0.3) is 0 Å². The van der Waals surface area contributed by atoms with Crippen molar-refractivity contribution >= 4 is 17.7 Å². The number of benzene rings is 2. The Kier molecular flexibility index (Phi) is 8.72. The van der Waals surface area contributed by atoms with Crippen LogP contribution in [-0.4, -0.2) is 53.3 Å². The molecule has 0 aliphatic carbocycles.